The van der Waals surface area contributed by atoms with Crippen LogP contribution in [0.4, 0.5) is 5.69 Å². The van der Waals surface area contributed by atoms with E-state index in [-0.39, 0.29) is 24.9 Å². The molecule has 0 saturated carbocycles. The Kier molecular flexibility index (Phi) is 6.93. The quantitative estimate of drug-likeness (QED) is 0.330. The van der Waals surface area contributed by atoms with E-state index in [2.05, 4.69) is 15.6 Å². The molecule has 3 aromatic carbocycles. The van der Waals surface area contributed by atoms with Crippen molar-refractivity contribution >= 4 is 28.5 Å². The van der Waals surface area contributed by atoms with Crippen LogP contribution in [-0.2, 0) is 22.7 Å². The van der Waals surface area contributed by atoms with Crippen LogP contribution in [0.25, 0.3) is 11.0 Å². The van der Waals surface area contributed by atoms with Crippen LogP contribution in [0.5, 0.6) is 5.75 Å². The number of fused-ring (bicyclic) bond motifs is 1. The molecule has 1 unspecified atom stereocenters. The molecular formula is C28H25N5O4. The number of rotatable bonds is 9. The summed E-state index contributed by atoms with van der Waals surface area (Å²) >= 11 is 0. The molecule has 9 heteroatoms. The fourth-order valence-corrected chi connectivity index (χ4v) is 4.22. The number of carbonyl (C=O) groups is 2. The van der Waals surface area contributed by atoms with Gasteiger partial charge < -0.3 is 14.5 Å². The molecule has 9 nitrogen and oxygen atoms in total. The van der Waals surface area contributed by atoms with E-state index < -0.39 is 6.04 Å². The molecular weight excluding hydrogens is 470 g/mol. The highest BCUT2D eigenvalue weighted by Crippen LogP contribution is 2.35. The van der Waals surface area contributed by atoms with Crippen LogP contribution < -0.4 is 15.0 Å². The Morgan fingerprint density at radius 3 is 2.51 bits per heavy atom. The third-order valence-corrected chi connectivity index (χ3v) is 5.96. The van der Waals surface area contributed by atoms with Gasteiger partial charge in [-0.2, -0.15) is 0 Å². The maximum atomic E-state index is 14.1. The van der Waals surface area contributed by atoms with E-state index in [0.717, 1.165) is 0 Å². The highest BCUT2D eigenvalue weighted by atomic mass is 16.5. The van der Waals surface area contributed by atoms with Gasteiger partial charge in [0.05, 0.1) is 31.1 Å². The van der Waals surface area contributed by atoms with Crippen molar-refractivity contribution in [2.45, 2.75) is 19.1 Å². The number of ether oxygens (including phenoxy) is 1. The number of aromatic nitrogens is 3. The Balaban J connectivity index is 1.57. The third kappa shape index (κ3) is 5.06. The molecule has 0 aliphatic rings. The van der Waals surface area contributed by atoms with Gasteiger partial charge in [0.1, 0.15) is 29.6 Å². The van der Waals surface area contributed by atoms with Gasteiger partial charge in [-0.15, -0.1) is 5.10 Å². The van der Waals surface area contributed by atoms with Crippen molar-refractivity contribution in [1.82, 2.24) is 20.3 Å². The van der Waals surface area contributed by atoms with Crippen LogP contribution in [0.3, 0.4) is 0 Å². The lowest BCUT2D eigenvalue weighted by Crippen LogP contribution is -2.45. The van der Waals surface area contributed by atoms with E-state index in [1.807, 2.05) is 60.7 Å². The van der Waals surface area contributed by atoms with Gasteiger partial charge in [0.25, 0.3) is 0 Å². The molecule has 186 valence electrons. The maximum absolute atomic E-state index is 14.1. The number of para-hydroxylation sites is 3. The van der Waals surface area contributed by atoms with Crippen LogP contribution >= 0.6 is 0 Å². The summed E-state index contributed by atoms with van der Waals surface area (Å²) in [6.45, 7) is 0.0458. The minimum Gasteiger partial charge on any atom is -0.495 e. The first kappa shape index (κ1) is 23.8. The van der Waals surface area contributed by atoms with Gasteiger partial charge in [-0.3, -0.25) is 14.5 Å². The minimum absolute atomic E-state index is 0.132. The van der Waals surface area contributed by atoms with Crippen molar-refractivity contribution in [2.24, 2.45) is 0 Å². The molecule has 5 aromatic rings. The Morgan fingerprint density at radius 2 is 1.73 bits per heavy atom. The number of anilines is 1. The Morgan fingerprint density at radius 1 is 0.973 bits per heavy atom. The third-order valence-electron chi connectivity index (χ3n) is 5.96. The number of carbonyl (C=O) groups excluding carboxylic acids is 2. The lowest BCUT2D eigenvalue weighted by molar-refractivity contribution is -0.127. The second-order valence-corrected chi connectivity index (χ2v) is 8.28. The fourth-order valence-electron chi connectivity index (χ4n) is 4.22. The molecule has 2 amide bonds. The van der Waals surface area contributed by atoms with Gasteiger partial charge in [0.15, 0.2) is 0 Å². The number of benzene rings is 3. The lowest BCUT2D eigenvalue weighted by atomic mass is 10.0. The standard InChI is InChI=1S/C28H25N5O4/c1-36-25-16-8-7-15-24(25)33(26(34)19-32-23-14-6-5-13-22(23)30-31-32)27(20-10-3-2-4-11-20)28(35)29-18-21-12-9-17-37-21/h2-17,27H,18-19H2,1H3,(H,29,35). The van der Waals surface area contributed by atoms with E-state index in [0.29, 0.717) is 33.8 Å². The molecule has 2 aromatic heterocycles. The van der Waals surface area contributed by atoms with Crippen molar-refractivity contribution in [2.75, 3.05) is 12.0 Å². The topological polar surface area (TPSA) is 102 Å². The molecule has 0 bridgehead atoms. The number of nitrogens with zero attached hydrogens (tertiary/aromatic N) is 4. The molecule has 2 heterocycles. The lowest BCUT2D eigenvalue weighted by Gasteiger charge is -2.32. The van der Waals surface area contributed by atoms with E-state index in [1.54, 1.807) is 36.6 Å². The summed E-state index contributed by atoms with van der Waals surface area (Å²) in [5.74, 6) is 0.330. The molecule has 5 rings (SSSR count). The van der Waals surface area contributed by atoms with Gasteiger partial charge in [0, 0.05) is 0 Å². The summed E-state index contributed by atoms with van der Waals surface area (Å²) in [5, 5.41) is 11.2. The Hall–Kier alpha value is -4.92. The van der Waals surface area contributed by atoms with Crippen molar-refractivity contribution in [3.8, 4) is 5.75 Å². The largest absolute Gasteiger partial charge is 0.495 e. The second-order valence-electron chi connectivity index (χ2n) is 8.28. The average molecular weight is 496 g/mol. The van der Waals surface area contributed by atoms with Gasteiger partial charge in [-0.05, 0) is 42.0 Å². The van der Waals surface area contributed by atoms with Crippen LogP contribution in [0.2, 0.25) is 0 Å². The zero-order chi connectivity index (χ0) is 25.6. The molecule has 1 N–H and O–H groups in total. The highest BCUT2D eigenvalue weighted by molar-refractivity contribution is 6.02. The van der Waals surface area contributed by atoms with E-state index in [4.69, 9.17) is 9.15 Å². The van der Waals surface area contributed by atoms with Crippen molar-refractivity contribution < 1.29 is 18.7 Å². The van der Waals surface area contributed by atoms with Crippen molar-refractivity contribution in [3.05, 3.63) is 109 Å². The number of hydrogen-bond acceptors (Lipinski definition) is 6. The molecule has 1 atom stereocenters. The van der Waals surface area contributed by atoms with E-state index >= 15 is 0 Å². The van der Waals surface area contributed by atoms with E-state index in [9.17, 15) is 9.59 Å². The van der Waals surface area contributed by atoms with Gasteiger partial charge in [-0.25, -0.2) is 4.68 Å². The van der Waals surface area contributed by atoms with Gasteiger partial charge in [0.2, 0.25) is 11.8 Å². The first-order valence-electron chi connectivity index (χ1n) is 11.7. The SMILES string of the molecule is COc1ccccc1N(C(=O)Cn1nnc2ccccc21)C(C(=O)NCc1ccco1)c1ccccc1. The zero-order valence-electron chi connectivity index (χ0n) is 20.2. The Bertz CT molecular complexity index is 1500. The predicted octanol–water partition coefficient (Wildman–Crippen LogP) is 4.12. The number of hydrogen-bond donors (Lipinski definition) is 1. The highest BCUT2D eigenvalue weighted by Gasteiger charge is 2.34. The van der Waals surface area contributed by atoms with Gasteiger partial charge in [-0.1, -0.05) is 59.8 Å². The van der Waals surface area contributed by atoms with Gasteiger partial charge >= 0.3 is 0 Å². The summed E-state index contributed by atoms with van der Waals surface area (Å²) in [4.78, 5) is 29.3. The number of amides is 2. The maximum Gasteiger partial charge on any atom is 0.249 e. The minimum atomic E-state index is -0.991. The average Bonchev–Trinajstić information content (AvgIpc) is 3.61. The van der Waals surface area contributed by atoms with Crippen molar-refractivity contribution in [3.63, 3.8) is 0 Å². The monoisotopic (exact) mass is 495 g/mol. The molecule has 37 heavy (non-hydrogen) atoms. The first-order valence-corrected chi connectivity index (χ1v) is 11.7. The fraction of sp³-hybridized carbons (Fsp3) is 0.143. The summed E-state index contributed by atoms with van der Waals surface area (Å²) in [6, 6.07) is 26.2. The summed E-state index contributed by atoms with van der Waals surface area (Å²) in [7, 11) is 1.53. The number of methoxy groups -OCH3 is 1. The summed E-state index contributed by atoms with van der Waals surface area (Å²) in [5.41, 5.74) is 2.49. The summed E-state index contributed by atoms with van der Waals surface area (Å²) in [6.07, 6.45) is 1.54. The van der Waals surface area contributed by atoms with Crippen LogP contribution in [0.1, 0.15) is 17.4 Å². The first-order chi connectivity index (χ1) is 18.2. The molecule has 0 spiro atoms. The molecule has 0 aliphatic carbocycles. The van der Waals surface area contributed by atoms with Crippen LogP contribution in [0.15, 0.2) is 102 Å². The number of nitrogens with one attached hydrogen (secondary N) is 1. The zero-order valence-corrected chi connectivity index (χ0v) is 20.2. The number of furan rings is 1. The molecule has 0 fully saturated rings. The smallest absolute Gasteiger partial charge is 0.249 e. The molecule has 0 radical (unpaired) electrons. The summed E-state index contributed by atoms with van der Waals surface area (Å²) < 4.78 is 12.5. The molecule has 0 saturated heterocycles. The Labute approximate surface area is 213 Å². The second kappa shape index (κ2) is 10.8. The van der Waals surface area contributed by atoms with Crippen LogP contribution in [0, 0.1) is 0 Å². The predicted molar refractivity (Wildman–Crippen MR) is 138 cm³/mol. The van der Waals surface area contributed by atoms with Crippen LogP contribution in [-0.4, -0.2) is 33.9 Å². The van der Waals surface area contributed by atoms with E-state index in [1.165, 1.54) is 16.7 Å². The normalized spacial score (nSPS) is 11.7. The van der Waals surface area contributed by atoms with Crippen molar-refractivity contribution in [1.29, 1.82) is 0 Å². The molecule has 0 aliphatic heterocycles.